The predicted molar refractivity (Wildman–Crippen MR) is 78.9 cm³/mol. The lowest BCUT2D eigenvalue weighted by atomic mass is 10.1. The molecule has 0 aromatic heterocycles. The molecule has 0 aromatic carbocycles. The average Bonchev–Trinajstić information content (AvgIpc) is 2.34. The molecule has 18 heavy (non-hydrogen) atoms. The summed E-state index contributed by atoms with van der Waals surface area (Å²) in [5, 5.41) is 9.08. The van der Waals surface area contributed by atoms with Crippen molar-refractivity contribution in [3.63, 3.8) is 0 Å². The van der Waals surface area contributed by atoms with Crippen molar-refractivity contribution >= 4 is 0 Å². The molecule has 0 bridgehead atoms. The van der Waals surface area contributed by atoms with Crippen LogP contribution in [-0.2, 0) is 4.74 Å². The van der Waals surface area contributed by atoms with Crippen LogP contribution in [0.1, 0.15) is 71.6 Å². The third-order valence-electron chi connectivity index (χ3n) is 3.02. The minimum atomic E-state index is -0.164. The number of unbranched alkanes of at least 4 members (excludes halogenated alkanes) is 6. The Labute approximate surface area is 113 Å². The third-order valence-corrected chi connectivity index (χ3v) is 3.02. The number of hydrogen-bond acceptors (Lipinski definition) is 2. The van der Waals surface area contributed by atoms with E-state index in [9.17, 15) is 0 Å². The zero-order valence-electron chi connectivity index (χ0n) is 12.4. The zero-order chi connectivity index (χ0) is 13.5. The molecular formula is C16H32O2. The molecule has 1 unspecified atom stereocenters. The first-order chi connectivity index (χ1) is 8.77. The molecule has 0 aromatic rings. The van der Waals surface area contributed by atoms with Gasteiger partial charge in [0.15, 0.2) is 0 Å². The van der Waals surface area contributed by atoms with Gasteiger partial charge in [-0.15, -0.1) is 0 Å². The largest absolute Gasteiger partial charge is 0.393 e. The van der Waals surface area contributed by atoms with Crippen LogP contribution < -0.4 is 0 Å². The Hall–Kier alpha value is -0.340. The van der Waals surface area contributed by atoms with Crippen molar-refractivity contribution in [2.45, 2.75) is 77.7 Å². The fourth-order valence-electron chi connectivity index (χ4n) is 1.85. The number of hydrogen-bond donors (Lipinski definition) is 1. The number of aliphatic hydroxyl groups is 1. The summed E-state index contributed by atoms with van der Waals surface area (Å²) in [6.45, 7) is 5.72. The van der Waals surface area contributed by atoms with Crippen LogP contribution in [-0.4, -0.2) is 24.4 Å². The van der Waals surface area contributed by atoms with E-state index in [1.54, 1.807) is 0 Å². The molecule has 0 heterocycles. The minimum absolute atomic E-state index is 0.164. The summed E-state index contributed by atoms with van der Waals surface area (Å²) in [6, 6.07) is 0. The van der Waals surface area contributed by atoms with Crippen LogP contribution in [0.5, 0.6) is 0 Å². The lowest BCUT2D eigenvalue weighted by Crippen LogP contribution is -1.97. The van der Waals surface area contributed by atoms with Gasteiger partial charge in [0.2, 0.25) is 0 Å². The highest BCUT2D eigenvalue weighted by molar-refractivity contribution is 4.81. The molecule has 0 aliphatic heterocycles. The molecule has 108 valence electrons. The van der Waals surface area contributed by atoms with Gasteiger partial charge in [0, 0.05) is 6.61 Å². The van der Waals surface area contributed by atoms with Gasteiger partial charge in [-0.1, -0.05) is 51.2 Å². The predicted octanol–water partition coefficient (Wildman–Crippen LogP) is 4.47. The topological polar surface area (TPSA) is 29.5 Å². The van der Waals surface area contributed by atoms with Crippen LogP contribution in [0.3, 0.4) is 0 Å². The quantitative estimate of drug-likeness (QED) is 0.389. The molecule has 0 amide bonds. The molecule has 2 nitrogen and oxygen atoms in total. The van der Waals surface area contributed by atoms with Gasteiger partial charge in [-0.2, -0.15) is 0 Å². The number of ether oxygens (including phenoxy) is 1. The van der Waals surface area contributed by atoms with Crippen molar-refractivity contribution in [1.29, 1.82) is 0 Å². The normalized spacial score (nSPS) is 13.3. The standard InChI is InChI=1S/C16H32O2/c1-3-4-5-6-8-11-14-18-15-12-9-7-10-13-16(2)17/h9,12,16-17H,3-8,10-11,13-15H2,1-2H3. The van der Waals surface area contributed by atoms with Crippen molar-refractivity contribution < 1.29 is 9.84 Å². The maximum Gasteiger partial charge on any atom is 0.0647 e. The fourth-order valence-corrected chi connectivity index (χ4v) is 1.85. The highest BCUT2D eigenvalue weighted by Crippen LogP contribution is 2.05. The first-order valence-corrected chi connectivity index (χ1v) is 7.68. The average molecular weight is 256 g/mol. The van der Waals surface area contributed by atoms with E-state index in [1.165, 1.54) is 38.5 Å². The molecule has 0 fully saturated rings. The van der Waals surface area contributed by atoms with E-state index in [0.717, 1.165) is 32.5 Å². The van der Waals surface area contributed by atoms with Crippen molar-refractivity contribution in [2.24, 2.45) is 0 Å². The molecule has 0 aliphatic carbocycles. The smallest absolute Gasteiger partial charge is 0.0647 e. The Balaban J connectivity index is 3.04. The second-order valence-corrected chi connectivity index (χ2v) is 5.09. The Morgan fingerprint density at radius 2 is 1.72 bits per heavy atom. The SMILES string of the molecule is CCCCCCCCOCC=CCCCC(C)O. The summed E-state index contributed by atoms with van der Waals surface area (Å²) in [5.41, 5.74) is 0. The highest BCUT2D eigenvalue weighted by atomic mass is 16.5. The molecule has 2 heteroatoms. The van der Waals surface area contributed by atoms with Crippen molar-refractivity contribution in [2.75, 3.05) is 13.2 Å². The first kappa shape index (κ1) is 17.7. The maximum atomic E-state index is 9.08. The summed E-state index contributed by atoms with van der Waals surface area (Å²) in [4.78, 5) is 0. The first-order valence-electron chi connectivity index (χ1n) is 7.68. The van der Waals surface area contributed by atoms with Gasteiger partial charge in [-0.3, -0.25) is 0 Å². The second-order valence-electron chi connectivity index (χ2n) is 5.09. The zero-order valence-corrected chi connectivity index (χ0v) is 12.4. The van der Waals surface area contributed by atoms with Crippen molar-refractivity contribution in [3.05, 3.63) is 12.2 Å². The van der Waals surface area contributed by atoms with Gasteiger partial charge >= 0.3 is 0 Å². The number of aliphatic hydroxyl groups excluding tert-OH is 1. The number of rotatable bonds is 13. The van der Waals surface area contributed by atoms with E-state index in [1.807, 2.05) is 6.92 Å². The Bertz CT molecular complexity index is 176. The highest BCUT2D eigenvalue weighted by Gasteiger charge is 1.92. The van der Waals surface area contributed by atoms with Gasteiger partial charge < -0.3 is 9.84 Å². The summed E-state index contributed by atoms with van der Waals surface area (Å²) >= 11 is 0. The Morgan fingerprint density at radius 1 is 1.00 bits per heavy atom. The van der Waals surface area contributed by atoms with Gasteiger partial charge in [0.05, 0.1) is 12.7 Å². The van der Waals surface area contributed by atoms with Gasteiger partial charge in [-0.05, 0) is 32.6 Å². The van der Waals surface area contributed by atoms with E-state index in [4.69, 9.17) is 9.84 Å². The van der Waals surface area contributed by atoms with Crippen LogP contribution in [0.4, 0.5) is 0 Å². The van der Waals surface area contributed by atoms with Crippen molar-refractivity contribution in [3.8, 4) is 0 Å². The minimum Gasteiger partial charge on any atom is -0.393 e. The molecule has 0 radical (unpaired) electrons. The number of allylic oxidation sites excluding steroid dienone is 1. The molecule has 0 aliphatic rings. The van der Waals surface area contributed by atoms with E-state index in [2.05, 4.69) is 19.1 Å². The van der Waals surface area contributed by atoms with Crippen LogP contribution in [0.25, 0.3) is 0 Å². The summed E-state index contributed by atoms with van der Waals surface area (Å²) in [7, 11) is 0. The second kappa shape index (κ2) is 14.7. The lowest BCUT2D eigenvalue weighted by molar-refractivity contribution is 0.157. The molecule has 0 saturated heterocycles. The lowest BCUT2D eigenvalue weighted by Gasteiger charge is -2.02. The Kier molecular flexibility index (Phi) is 14.4. The Morgan fingerprint density at radius 3 is 2.44 bits per heavy atom. The van der Waals surface area contributed by atoms with E-state index in [0.29, 0.717) is 0 Å². The van der Waals surface area contributed by atoms with E-state index >= 15 is 0 Å². The van der Waals surface area contributed by atoms with Crippen LogP contribution in [0.2, 0.25) is 0 Å². The van der Waals surface area contributed by atoms with Gasteiger partial charge in [0.25, 0.3) is 0 Å². The van der Waals surface area contributed by atoms with E-state index in [-0.39, 0.29) is 6.10 Å². The molecule has 1 N–H and O–H groups in total. The molecular weight excluding hydrogens is 224 g/mol. The summed E-state index contributed by atoms with van der Waals surface area (Å²) < 4.78 is 5.53. The summed E-state index contributed by atoms with van der Waals surface area (Å²) in [5.74, 6) is 0. The molecule has 1 atom stereocenters. The van der Waals surface area contributed by atoms with E-state index < -0.39 is 0 Å². The molecule has 0 rings (SSSR count). The van der Waals surface area contributed by atoms with Crippen LogP contribution in [0, 0.1) is 0 Å². The molecule has 0 saturated carbocycles. The monoisotopic (exact) mass is 256 g/mol. The van der Waals surface area contributed by atoms with Gasteiger partial charge in [-0.25, -0.2) is 0 Å². The fraction of sp³-hybridized carbons (Fsp3) is 0.875. The van der Waals surface area contributed by atoms with Gasteiger partial charge in [0.1, 0.15) is 0 Å². The van der Waals surface area contributed by atoms with Crippen LogP contribution >= 0.6 is 0 Å². The maximum absolute atomic E-state index is 9.08. The van der Waals surface area contributed by atoms with Crippen LogP contribution in [0.15, 0.2) is 12.2 Å². The summed E-state index contributed by atoms with van der Waals surface area (Å²) in [6.07, 6.45) is 15.0. The van der Waals surface area contributed by atoms with Crippen molar-refractivity contribution in [1.82, 2.24) is 0 Å². The molecule has 0 spiro atoms. The third kappa shape index (κ3) is 15.7.